The second-order valence-corrected chi connectivity index (χ2v) is 6.67. The van der Waals surface area contributed by atoms with E-state index < -0.39 is 0 Å². The van der Waals surface area contributed by atoms with Crippen molar-refractivity contribution in [3.63, 3.8) is 0 Å². The summed E-state index contributed by atoms with van der Waals surface area (Å²) < 4.78 is 14.3. The third kappa shape index (κ3) is 2.20. The van der Waals surface area contributed by atoms with Crippen LogP contribution < -0.4 is 5.32 Å². The molecule has 2 aromatic rings. The highest BCUT2D eigenvalue weighted by Gasteiger charge is 2.37. The van der Waals surface area contributed by atoms with E-state index in [9.17, 15) is 4.39 Å². The van der Waals surface area contributed by atoms with Crippen LogP contribution >= 0.6 is 15.9 Å². The van der Waals surface area contributed by atoms with Gasteiger partial charge in [-0.25, -0.2) is 4.39 Å². The summed E-state index contributed by atoms with van der Waals surface area (Å²) in [5.41, 5.74) is 3.69. The molecule has 0 bridgehead atoms. The van der Waals surface area contributed by atoms with Gasteiger partial charge in [-0.2, -0.15) is 0 Å². The molecule has 0 saturated heterocycles. The van der Waals surface area contributed by atoms with Crippen LogP contribution in [0.25, 0.3) is 0 Å². The van der Waals surface area contributed by atoms with Crippen molar-refractivity contribution < 1.29 is 4.39 Å². The molecule has 4 rings (SSSR count). The van der Waals surface area contributed by atoms with Crippen molar-refractivity contribution in [3.8, 4) is 0 Å². The molecule has 1 N–H and O–H groups in total. The van der Waals surface area contributed by atoms with Crippen LogP contribution in [0.4, 0.5) is 10.1 Å². The molecular formula is C18H15BrFN. The largest absolute Gasteiger partial charge is 0.378 e. The van der Waals surface area contributed by atoms with Crippen molar-refractivity contribution in [3.05, 3.63) is 76.0 Å². The average molecular weight is 344 g/mol. The van der Waals surface area contributed by atoms with Crippen molar-refractivity contribution in [2.45, 2.75) is 18.4 Å². The highest BCUT2D eigenvalue weighted by molar-refractivity contribution is 9.10. The highest BCUT2D eigenvalue weighted by atomic mass is 79.9. The number of nitrogens with one attached hydrogen (secondary N) is 1. The first kappa shape index (κ1) is 13.1. The molecular weight excluding hydrogens is 329 g/mol. The van der Waals surface area contributed by atoms with Gasteiger partial charge in [-0.1, -0.05) is 40.2 Å². The molecule has 1 heterocycles. The quantitative estimate of drug-likeness (QED) is 0.682. The van der Waals surface area contributed by atoms with Gasteiger partial charge < -0.3 is 5.32 Å². The van der Waals surface area contributed by atoms with Gasteiger partial charge in [-0.15, -0.1) is 0 Å². The average Bonchev–Trinajstić information content (AvgIpc) is 2.97. The van der Waals surface area contributed by atoms with Crippen LogP contribution in [0.3, 0.4) is 0 Å². The van der Waals surface area contributed by atoms with Crippen molar-refractivity contribution in [2.24, 2.45) is 5.92 Å². The SMILES string of the molecule is Fc1ccc([C@@H]2Nc3ccc(Br)cc3[C@H]3C=CC[C@@H]32)cc1. The first-order valence-corrected chi connectivity index (χ1v) is 8.00. The Bertz CT molecular complexity index is 708. The standard InChI is InChI=1S/C18H15BrFN/c19-12-6-9-17-16(10-12)14-2-1-3-15(14)18(21-17)11-4-7-13(20)8-5-11/h1-2,4-10,14-15,18,21H,3H2/t14-,15-,18-/m0/s1. The molecule has 2 aromatic carbocycles. The fourth-order valence-electron chi connectivity index (χ4n) is 3.57. The Balaban J connectivity index is 1.78. The summed E-state index contributed by atoms with van der Waals surface area (Å²) in [6, 6.07) is 13.5. The molecule has 0 spiro atoms. The summed E-state index contributed by atoms with van der Waals surface area (Å²) in [4.78, 5) is 0. The normalized spacial score (nSPS) is 26.1. The van der Waals surface area contributed by atoms with Gasteiger partial charge in [-0.3, -0.25) is 0 Å². The molecule has 106 valence electrons. The Kier molecular flexibility index (Phi) is 3.11. The number of benzene rings is 2. The van der Waals surface area contributed by atoms with E-state index in [2.05, 4.69) is 51.6 Å². The zero-order valence-electron chi connectivity index (χ0n) is 11.4. The van der Waals surface area contributed by atoms with Crippen LogP contribution in [0.5, 0.6) is 0 Å². The molecule has 21 heavy (non-hydrogen) atoms. The van der Waals surface area contributed by atoms with Crippen molar-refractivity contribution in [1.29, 1.82) is 0 Å². The molecule has 0 radical (unpaired) electrons. The minimum Gasteiger partial charge on any atom is -0.378 e. The molecule has 0 saturated carbocycles. The molecule has 0 fully saturated rings. The lowest BCUT2D eigenvalue weighted by atomic mass is 9.77. The minimum atomic E-state index is -0.181. The zero-order valence-corrected chi connectivity index (χ0v) is 13.0. The van der Waals surface area contributed by atoms with Gasteiger partial charge in [0.1, 0.15) is 5.82 Å². The smallest absolute Gasteiger partial charge is 0.123 e. The summed E-state index contributed by atoms with van der Waals surface area (Å²) in [5.74, 6) is 0.756. The summed E-state index contributed by atoms with van der Waals surface area (Å²) >= 11 is 3.56. The summed E-state index contributed by atoms with van der Waals surface area (Å²) in [6.45, 7) is 0. The van der Waals surface area contributed by atoms with E-state index >= 15 is 0 Å². The molecule has 1 aliphatic heterocycles. The molecule has 3 heteroatoms. The maximum absolute atomic E-state index is 13.2. The Morgan fingerprint density at radius 1 is 1.10 bits per heavy atom. The number of halogens is 2. The monoisotopic (exact) mass is 343 g/mol. The number of rotatable bonds is 1. The van der Waals surface area contributed by atoms with E-state index in [4.69, 9.17) is 0 Å². The van der Waals surface area contributed by atoms with Crippen LogP contribution in [0, 0.1) is 11.7 Å². The van der Waals surface area contributed by atoms with Crippen molar-refractivity contribution >= 4 is 21.6 Å². The predicted molar refractivity (Wildman–Crippen MR) is 86.9 cm³/mol. The summed E-state index contributed by atoms with van der Waals surface area (Å²) in [5, 5.41) is 3.65. The van der Waals surface area contributed by atoms with Crippen LogP contribution in [0.15, 0.2) is 59.1 Å². The summed E-state index contributed by atoms with van der Waals surface area (Å²) in [7, 11) is 0. The number of anilines is 1. The van der Waals surface area contributed by atoms with Crippen LogP contribution in [-0.4, -0.2) is 0 Å². The van der Waals surface area contributed by atoms with E-state index in [1.807, 2.05) is 12.1 Å². The van der Waals surface area contributed by atoms with E-state index in [0.717, 1.165) is 16.5 Å². The topological polar surface area (TPSA) is 12.0 Å². The second kappa shape index (κ2) is 4.99. The van der Waals surface area contributed by atoms with Gasteiger partial charge in [0.05, 0.1) is 6.04 Å². The minimum absolute atomic E-state index is 0.181. The number of fused-ring (bicyclic) bond motifs is 3. The zero-order chi connectivity index (χ0) is 14.4. The van der Waals surface area contributed by atoms with Crippen LogP contribution in [0.2, 0.25) is 0 Å². The van der Waals surface area contributed by atoms with Gasteiger partial charge in [0.2, 0.25) is 0 Å². The van der Waals surface area contributed by atoms with Gasteiger partial charge in [0.25, 0.3) is 0 Å². The fraction of sp³-hybridized carbons (Fsp3) is 0.222. The number of hydrogen-bond donors (Lipinski definition) is 1. The number of allylic oxidation sites excluding steroid dienone is 2. The molecule has 0 amide bonds. The van der Waals surface area contributed by atoms with Crippen LogP contribution in [0.1, 0.15) is 29.5 Å². The maximum Gasteiger partial charge on any atom is 0.123 e. The molecule has 0 unspecified atom stereocenters. The Hall–Kier alpha value is -1.61. The van der Waals surface area contributed by atoms with E-state index in [1.54, 1.807) is 12.1 Å². The lowest BCUT2D eigenvalue weighted by Crippen LogP contribution is -2.29. The second-order valence-electron chi connectivity index (χ2n) is 5.76. The highest BCUT2D eigenvalue weighted by Crippen LogP contribution is 2.50. The molecule has 0 aromatic heterocycles. The molecule has 2 aliphatic rings. The predicted octanol–water partition coefficient (Wildman–Crippen LogP) is 5.41. The Labute approximate surface area is 132 Å². The first-order valence-electron chi connectivity index (χ1n) is 7.20. The van der Waals surface area contributed by atoms with E-state index in [0.29, 0.717) is 11.8 Å². The fourth-order valence-corrected chi connectivity index (χ4v) is 3.94. The lowest BCUT2D eigenvalue weighted by molar-refractivity contribution is 0.425. The molecule has 3 atom stereocenters. The van der Waals surface area contributed by atoms with Crippen molar-refractivity contribution in [1.82, 2.24) is 0 Å². The van der Waals surface area contributed by atoms with E-state index in [1.165, 1.54) is 11.3 Å². The maximum atomic E-state index is 13.2. The molecule has 1 nitrogen and oxygen atoms in total. The van der Waals surface area contributed by atoms with Gasteiger partial charge >= 0.3 is 0 Å². The van der Waals surface area contributed by atoms with Crippen LogP contribution in [-0.2, 0) is 0 Å². The first-order chi connectivity index (χ1) is 10.2. The lowest BCUT2D eigenvalue weighted by Gasteiger charge is -2.37. The summed E-state index contributed by atoms with van der Waals surface area (Å²) in [6.07, 6.45) is 5.64. The third-order valence-electron chi connectivity index (χ3n) is 4.55. The third-order valence-corrected chi connectivity index (χ3v) is 5.05. The van der Waals surface area contributed by atoms with Crippen molar-refractivity contribution in [2.75, 3.05) is 5.32 Å². The Morgan fingerprint density at radius 3 is 2.71 bits per heavy atom. The Morgan fingerprint density at radius 2 is 1.90 bits per heavy atom. The number of hydrogen-bond acceptors (Lipinski definition) is 1. The van der Waals surface area contributed by atoms with Gasteiger partial charge in [0, 0.05) is 16.1 Å². The van der Waals surface area contributed by atoms with E-state index in [-0.39, 0.29) is 11.9 Å². The molecule has 1 aliphatic carbocycles. The van der Waals surface area contributed by atoms with Gasteiger partial charge in [0.15, 0.2) is 0 Å². The van der Waals surface area contributed by atoms with Gasteiger partial charge in [-0.05, 0) is 53.8 Å².